The first-order valence-corrected chi connectivity index (χ1v) is 5.96. The van der Waals surface area contributed by atoms with E-state index in [9.17, 15) is 0 Å². The number of methoxy groups -OCH3 is 1. The molecule has 0 aliphatic heterocycles. The van der Waals surface area contributed by atoms with Crippen molar-refractivity contribution in [1.82, 2.24) is 19.3 Å². The summed E-state index contributed by atoms with van der Waals surface area (Å²) < 4.78 is 8.93. The van der Waals surface area contributed by atoms with E-state index in [-0.39, 0.29) is 0 Å². The summed E-state index contributed by atoms with van der Waals surface area (Å²) in [6.45, 7) is 5.27. The molecule has 1 N–H and O–H groups in total. The van der Waals surface area contributed by atoms with Crippen LogP contribution in [0.15, 0.2) is 18.5 Å². The van der Waals surface area contributed by atoms with Gasteiger partial charge in [-0.05, 0) is 5.92 Å². The summed E-state index contributed by atoms with van der Waals surface area (Å²) in [5.74, 6) is 2.80. The Hall–Kier alpha value is -1.98. The molecule has 0 aliphatic carbocycles. The summed E-state index contributed by atoms with van der Waals surface area (Å²) >= 11 is 0. The molecule has 98 valence electrons. The second-order valence-corrected chi connectivity index (χ2v) is 4.62. The molecule has 0 unspecified atom stereocenters. The smallest absolute Gasteiger partial charge is 0.213 e. The minimum Gasteiger partial charge on any atom is -0.481 e. The lowest BCUT2D eigenvalue weighted by Crippen LogP contribution is -2.07. The highest BCUT2D eigenvalue weighted by Crippen LogP contribution is 2.19. The Morgan fingerprint density at radius 1 is 1.44 bits per heavy atom. The van der Waals surface area contributed by atoms with Crippen LogP contribution in [-0.2, 0) is 13.6 Å². The Labute approximate surface area is 107 Å². The van der Waals surface area contributed by atoms with Crippen molar-refractivity contribution in [1.29, 1.82) is 0 Å². The molecule has 6 nitrogen and oxygen atoms in total. The quantitative estimate of drug-likeness (QED) is 0.880. The van der Waals surface area contributed by atoms with Gasteiger partial charge in [0.1, 0.15) is 0 Å². The van der Waals surface area contributed by atoms with Crippen LogP contribution in [0.4, 0.5) is 11.8 Å². The van der Waals surface area contributed by atoms with E-state index >= 15 is 0 Å². The van der Waals surface area contributed by atoms with Gasteiger partial charge in [0, 0.05) is 32.1 Å². The molecule has 6 heteroatoms. The first-order chi connectivity index (χ1) is 8.60. The van der Waals surface area contributed by atoms with Crippen LogP contribution < -0.4 is 10.1 Å². The fourth-order valence-corrected chi connectivity index (χ4v) is 1.79. The molecule has 0 atom stereocenters. The molecule has 2 aromatic rings. The van der Waals surface area contributed by atoms with Crippen molar-refractivity contribution in [3.8, 4) is 5.88 Å². The average Bonchev–Trinajstić information content (AvgIpc) is 2.86. The third kappa shape index (κ3) is 2.64. The maximum atomic E-state index is 5.17. The lowest BCUT2D eigenvalue weighted by molar-refractivity contribution is 0.373. The van der Waals surface area contributed by atoms with Gasteiger partial charge in [0.05, 0.1) is 7.11 Å². The Balaban J connectivity index is 2.15. The van der Waals surface area contributed by atoms with Crippen LogP contribution in [0.2, 0.25) is 0 Å². The van der Waals surface area contributed by atoms with Crippen molar-refractivity contribution in [2.45, 2.75) is 20.4 Å². The highest BCUT2D eigenvalue weighted by atomic mass is 16.5. The van der Waals surface area contributed by atoms with Crippen molar-refractivity contribution in [3.63, 3.8) is 0 Å². The number of aryl methyl sites for hydroxylation is 1. The van der Waals surface area contributed by atoms with Gasteiger partial charge in [-0.15, -0.1) is 0 Å². The van der Waals surface area contributed by atoms with Crippen LogP contribution in [-0.4, -0.2) is 26.4 Å². The van der Waals surface area contributed by atoms with Crippen LogP contribution in [0, 0.1) is 5.92 Å². The maximum absolute atomic E-state index is 5.17. The molecular formula is C12H19N5O. The number of hydrogen-bond acceptors (Lipinski definition) is 4. The molecule has 2 aromatic heterocycles. The van der Waals surface area contributed by atoms with Crippen LogP contribution in [0.3, 0.4) is 0 Å². The number of nitrogens with one attached hydrogen (secondary N) is 1. The van der Waals surface area contributed by atoms with Gasteiger partial charge in [0.25, 0.3) is 0 Å². The molecule has 0 saturated carbocycles. The highest BCUT2D eigenvalue weighted by molar-refractivity contribution is 5.49. The number of imidazole rings is 1. The molecule has 0 saturated heterocycles. The van der Waals surface area contributed by atoms with E-state index in [2.05, 4.69) is 33.8 Å². The van der Waals surface area contributed by atoms with Gasteiger partial charge in [-0.2, -0.15) is 5.10 Å². The van der Waals surface area contributed by atoms with Crippen molar-refractivity contribution in [2.24, 2.45) is 13.0 Å². The van der Waals surface area contributed by atoms with Gasteiger partial charge in [-0.3, -0.25) is 0 Å². The van der Waals surface area contributed by atoms with E-state index in [0.29, 0.717) is 11.8 Å². The van der Waals surface area contributed by atoms with Crippen molar-refractivity contribution >= 4 is 11.8 Å². The van der Waals surface area contributed by atoms with Crippen LogP contribution in [0.25, 0.3) is 0 Å². The third-order valence-electron chi connectivity index (χ3n) is 2.56. The van der Waals surface area contributed by atoms with Gasteiger partial charge in [0.2, 0.25) is 11.8 Å². The summed E-state index contributed by atoms with van der Waals surface area (Å²) in [6, 6.07) is 1.84. The second kappa shape index (κ2) is 5.12. The summed E-state index contributed by atoms with van der Waals surface area (Å²) in [5.41, 5.74) is 0. The molecule has 2 rings (SSSR count). The summed E-state index contributed by atoms with van der Waals surface area (Å²) in [5, 5.41) is 7.50. The first-order valence-electron chi connectivity index (χ1n) is 5.96. The van der Waals surface area contributed by atoms with E-state index in [4.69, 9.17) is 4.74 Å². The lowest BCUT2D eigenvalue weighted by atomic mass is 10.2. The molecule has 0 bridgehead atoms. The summed E-state index contributed by atoms with van der Waals surface area (Å²) in [7, 11) is 3.46. The maximum Gasteiger partial charge on any atom is 0.213 e. The molecule has 0 aliphatic rings. The fraction of sp³-hybridized carbons (Fsp3) is 0.500. The zero-order valence-corrected chi connectivity index (χ0v) is 11.2. The normalized spacial score (nSPS) is 10.9. The van der Waals surface area contributed by atoms with Gasteiger partial charge < -0.3 is 14.6 Å². The fourth-order valence-electron chi connectivity index (χ4n) is 1.79. The SMILES string of the molecule is COc1cc(Nc2nccn2CC(C)C)nn1C. The second-order valence-electron chi connectivity index (χ2n) is 4.62. The molecule has 0 radical (unpaired) electrons. The molecule has 2 heterocycles. The minimum atomic E-state index is 0.568. The third-order valence-corrected chi connectivity index (χ3v) is 2.56. The average molecular weight is 249 g/mol. The van der Waals surface area contributed by atoms with E-state index < -0.39 is 0 Å². The van der Waals surface area contributed by atoms with Gasteiger partial charge in [-0.1, -0.05) is 13.8 Å². The van der Waals surface area contributed by atoms with Crippen molar-refractivity contribution in [2.75, 3.05) is 12.4 Å². The first kappa shape index (κ1) is 12.5. The van der Waals surface area contributed by atoms with E-state index in [1.807, 2.05) is 19.3 Å². The van der Waals surface area contributed by atoms with Gasteiger partial charge in [0.15, 0.2) is 5.82 Å². The molecule has 0 fully saturated rings. The van der Waals surface area contributed by atoms with Crippen molar-refractivity contribution in [3.05, 3.63) is 18.5 Å². The van der Waals surface area contributed by atoms with E-state index in [0.717, 1.165) is 18.3 Å². The standard InChI is InChI=1S/C12H19N5O/c1-9(2)8-17-6-5-13-12(17)14-10-7-11(18-4)16(3)15-10/h5-7,9H,8H2,1-4H3,(H,13,14,15). The predicted octanol–water partition coefficient (Wildman–Crippen LogP) is 2.02. The highest BCUT2D eigenvalue weighted by Gasteiger charge is 2.09. The zero-order valence-electron chi connectivity index (χ0n) is 11.2. The summed E-state index contributed by atoms with van der Waals surface area (Å²) in [6.07, 6.45) is 3.74. The van der Waals surface area contributed by atoms with Gasteiger partial charge >= 0.3 is 0 Å². The largest absolute Gasteiger partial charge is 0.481 e. The number of anilines is 2. The Morgan fingerprint density at radius 3 is 2.83 bits per heavy atom. The lowest BCUT2D eigenvalue weighted by Gasteiger charge is -2.10. The Kier molecular flexibility index (Phi) is 3.55. The van der Waals surface area contributed by atoms with Crippen LogP contribution >= 0.6 is 0 Å². The molecular weight excluding hydrogens is 230 g/mol. The van der Waals surface area contributed by atoms with Crippen molar-refractivity contribution < 1.29 is 4.74 Å². The minimum absolute atomic E-state index is 0.568. The Bertz CT molecular complexity index is 514. The number of rotatable bonds is 5. The number of aromatic nitrogens is 4. The number of hydrogen-bond donors (Lipinski definition) is 1. The summed E-state index contributed by atoms with van der Waals surface area (Å²) in [4.78, 5) is 4.29. The van der Waals surface area contributed by atoms with E-state index in [1.165, 1.54) is 0 Å². The molecule has 18 heavy (non-hydrogen) atoms. The molecule has 0 aromatic carbocycles. The monoisotopic (exact) mass is 249 g/mol. The topological polar surface area (TPSA) is 56.9 Å². The van der Waals surface area contributed by atoms with Crippen LogP contribution in [0.1, 0.15) is 13.8 Å². The molecule has 0 amide bonds. The van der Waals surface area contributed by atoms with E-state index in [1.54, 1.807) is 18.0 Å². The predicted molar refractivity (Wildman–Crippen MR) is 70.1 cm³/mol. The van der Waals surface area contributed by atoms with Gasteiger partial charge in [-0.25, -0.2) is 9.67 Å². The number of nitrogens with zero attached hydrogens (tertiary/aromatic N) is 4. The Morgan fingerprint density at radius 2 is 2.22 bits per heavy atom. The zero-order chi connectivity index (χ0) is 13.1. The van der Waals surface area contributed by atoms with Crippen LogP contribution in [0.5, 0.6) is 5.88 Å². The molecule has 0 spiro atoms. The number of ether oxygens (including phenoxy) is 1.